The Morgan fingerprint density at radius 2 is 1.76 bits per heavy atom. The van der Waals surface area contributed by atoms with Crippen LogP contribution in [0.3, 0.4) is 0 Å². The Morgan fingerprint density at radius 1 is 1.03 bits per heavy atom. The van der Waals surface area contributed by atoms with Crippen LogP contribution in [-0.4, -0.2) is 26.9 Å². The molecule has 6 heteroatoms. The molecule has 0 spiro atoms. The molecule has 5 nitrogen and oxygen atoms in total. The molecule has 0 radical (unpaired) electrons. The van der Waals surface area contributed by atoms with E-state index in [9.17, 15) is 13.2 Å². The number of carbonyl (C=O) groups excluding carboxylic acids is 1. The summed E-state index contributed by atoms with van der Waals surface area (Å²) >= 11 is 0. The summed E-state index contributed by atoms with van der Waals surface area (Å²) in [5.74, 6) is 1.03. The molecule has 3 atom stereocenters. The summed E-state index contributed by atoms with van der Waals surface area (Å²) in [4.78, 5) is 13.1. The molecular formula is C23H28N2O3S. The Hall–Kier alpha value is -2.34. The van der Waals surface area contributed by atoms with Crippen LogP contribution in [0.2, 0.25) is 0 Å². The Bertz CT molecular complexity index is 1000. The maximum absolute atomic E-state index is 13.4. The Labute approximate surface area is 173 Å². The normalized spacial score (nSPS) is 23.2. The van der Waals surface area contributed by atoms with Crippen molar-refractivity contribution in [2.45, 2.75) is 50.5 Å². The molecule has 2 saturated carbocycles. The summed E-state index contributed by atoms with van der Waals surface area (Å²) in [7, 11) is -3.86. The third-order valence-electron chi connectivity index (χ3n) is 6.36. The number of fused-ring (bicyclic) bond motifs is 2. The number of para-hydroxylation sites is 1. The number of benzene rings is 2. The van der Waals surface area contributed by atoms with Crippen molar-refractivity contribution in [2.75, 3.05) is 10.8 Å². The fraction of sp³-hybridized carbons (Fsp3) is 0.435. The Morgan fingerprint density at radius 3 is 2.38 bits per heavy atom. The smallest absolute Gasteiger partial charge is 0.264 e. The average Bonchev–Trinajstić information content (AvgIpc) is 3.30. The molecule has 0 aliphatic heterocycles. The summed E-state index contributed by atoms with van der Waals surface area (Å²) in [5, 5.41) is 3.12. The van der Waals surface area contributed by atoms with E-state index in [1.807, 2.05) is 26.0 Å². The lowest BCUT2D eigenvalue weighted by Gasteiger charge is -2.28. The van der Waals surface area contributed by atoms with Crippen molar-refractivity contribution in [3.63, 3.8) is 0 Å². The van der Waals surface area contributed by atoms with E-state index in [1.165, 1.54) is 23.6 Å². The van der Waals surface area contributed by atoms with Gasteiger partial charge >= 0.3 is 0 Å². The van der Waals surface area contributed by atoms with E-state index in [-0.39, 0.29) is 23.4 Å². The van der Waals surface area contributed by atoms with Gasteiger partial charge in [0.25, 0.3) is 10.0 Å². The molecule has 0 aromatic heterocycles. The molecule has 0 unspecified atom stereocenters. The van der Waals surface area contributed by atoms with Gasteiger partial charge < -0.3 is 5.32 Å². The third kappa shape index (κ3) is 4.04. The van der Waals surface area contributed by atoms with Gasteiger partial charge in [0.1, 0.15) is 6.54 Å². The largest absolute Gasteiger partial charge is 0.352 e. The van der Waals surface area contributed by atoms with E-state index in [2.05, 4.69) is 5.32 Å². The SMILES string of the molecule is Cc1ccc(S(=O)(=O)N(CC(=O)N[C@H]2C[C@@H]3CC[C@H]2C3)c2ccccc2C)cc1. The van der Waals surface area contributed by atoms with Crippen molar-refractivity contribution in [1.82, 2.24) is 5.32 Å². The zero-order valence-corrected chi connectivity index (χ0v) is 17.8. The second kappa shape index (κ2) is 7.82. The number of amides is 1. The van der Waals surface area contributed by atoms with Gasteiger partial charge in [-0.15, -0.1) is 0 Å². The molecule has 1 N–H and O–H groups in total. The van der Waals surface area contributed by atoms with E-state index in [0.29, 0.717) is 17.5 Å². The minimum atomic E-state index is -3.86. The number of carbonyl (C=O) groups is 1. The van der Waals surface area contributed by atoms with Gasteiger partial charge in [-0.3, -0.25) is 9.10 Å². The minimum absolute atomic E-state index is 0.182. The number of sulfonamides is 1. The van der Waals surface area contributed by atoms with Gasteiger partial charge in [0.15, 0.2) is 0 Å². The number of nitrogens with zero attached hydrogens (tertiary/aromatic N) is 1. The number of nitrogens with one attached hydrogen (secondary N) is 1. The second-order valence-corrected chi connectivity index (χ2v) is 10.3. The lowest BCUT2D eigenvalue weighted by Crippen LogP contribution is -2.46. The minimum Gasteiger partial charge on any atom is -0.352 e. The third-order valence-corrected chi connectivity index (χ3v) is 8.14. The van der Waals surface area contributed by atoms with Gasteiger partial charge in [0.05, 0.1) is 10.6 Å². The number of hydrogen-bond donors (Lipinski definition) is 1. The van der Waals surface area contributed by atoms with Crippen LogP contribution in [0, 0.1) is 25.7 Å². The average molecular weight is 413 g/mol. The molecule has 2 aliphatic carbocycles. The first-order valence-corrected chi connectivity index (χ1v) is 11.7. The van der Waals surface area contributed by atoms with E-state index in [4.69, 9.17) is 0 Å². The first kappa shape index (κ1) is 20.0. The van der Waals surface area contributed by atoms with Crippen molar-refractivity contribution in [1.29, 1.82) is 0 Å². The molecule has 0 heterocycles. The lowest BCUT2D eigenvalue weighted by molar-refractivity contribution is -0.120. The molecule has 4 rings (SSSR count). The van der Waals surface area contributed by atoms with Gasteiger partial charge in [0.2, 0.25) is 5.91 Å². The van der Waals surface area contributed by atoms with Crippen molar-refractivity contribution in [3.05, 3.63) is 59.7 Å². The Balaban J connectivity index is 1.61. The molecule has 29 heavy (non-hydrogen) atoms. The van der Waals surface area contributed by atoms with E-state index < -0.39 is 10.0 Å². The predicted molar refractivity (Wildman–Crippen MR) is 114 cm³/mol. The van der Waals surface area contributed by atoms with Gasteiger partial charge in [-0.2, -0.15) is 0 Å². The quantitative estimate of drug-likeness (QED) is 0.785. The molecular weight excluding hydrogens is 384 g/mol. The summed E-state index contributed by atoms with van der Waals surface area (Å²) < 4.78 is 28.1. The Kier molecular flexibility index (Phi) is 5.38. The first-order valence-electron chi connectivity index (χ1n) is 10.3. The number of anilines is 1. The molecule has 1 amide bonds. The zero-order chi connectivity index (χ0) is 20.6. The van der Waals surface area contributed by atoms with Crippen molar-refractivity contribution in [3.8, 4) is 0 Å². The van der Waals surface area contributed by atoms with Crippen molar-refractivity contribution in [2.24, 2.45) is 11.8 Å². The summed E-state index contributed by atoms with van der Waals surface area (Å²) in [6, 6.07) is 14.2. The van der Waals surface area contributed by atoms with Crippen LogP contribution in [0.15, 0.2) is 53.4 Å². The molecule has 2 bridgehead atoms. The maximum Gasteiger partial charge on any atom is 0.264 e. The van der Waals surface area contributed by atoms with Crippen molar-refractivity contribution < 1.29 is 13.2 Å². The van der Waals surface area contributed by atoms with E-state index in [1.54, 1.807) is 36.4 Å². The highest BCUT2D eigenvalue weighted by atomic mass is 32.2. The second-order valence-electron chi connectivity index (χ2n) is 8.46. The van der Waals surface area contributed by atoms with Crippen LogP contribution in [0.5, 0.6) is 0 Å². The maximum atomic E-state index is 13.4. The van der Waals surface area contributed by atoms with Crippen molar-refractivity contribution >= 4 is 21.6 Å². The highest BCUT2D eigenvalue weighted by Crippen LogP contribution is 2.44. The van der Waals surface area contributed by atoms with Gasteiger partial charge in [-0.1, -0.05) is 42.3 Å². The number of hydrogen-bond acceptors (Lipinski definition) is 3. The fourth-order valence-corrected chi connectivity index (χ4v) is 6.27. The molecule has 2 fully saturated rings. The molecule has 154 valence electrons. The topological polar surface area (TPSA) is 66.5 Å². The summed E-state index contributed by atoms with van der Waals surface area (Å²) in [6.07, 6.45) is 4.63. The zero-order valence-electron chi connectivity index (χ0n) is 17.0. The van der Waals surface area contributed by atoms with Crippen LogP contribution < -0.4 is 9.62 Å². The summed E-state index contributed by atoms with van der Waals surface area (Å²) in [5.41, 5.74) is 2.34. The van der Waals surface area contributed by atoms with Crippen LogP contribution >= 0.6 is 0 Å². The molecule has 0 saturated heterocycles. The van der Waals surface area contributed by atoms with E-state index in [0.717, 1.165) is 17.5 Å². The molecule has 2 aromatic rings. The monoisotopic (exact) mass is 412 g/mol. The lowest BCUT2D eigenvalue weighted by atomic mass is 9.95. The van der Waals surface area contributed by atoms with Crippen LogP contribution in [0.1, 0.15) is 36.8 Å². The summed E-state index contributed by atoms with van der Waals surface area (Å²) in [6.45, 7) is 3.56. The highest BCUT2D eigenvalue weighted by molar-refractivity contribution is 7.92. The highest BCUT2D eigenvalue weighted by Gasteiger charge is 2.40. The first-order chi connectivity index (χ1) is 13.8. The van der Waals surface area contributed by atoms with Gasteiger partial charge in [-0.25, -0.2) is 8.42 Å². The van der Waals surface area contributed by atoms with E-state index >= 15 is 0 Å². The van der Waals surface area contributed by atoms with Crippen LogP contribution in [0.4, 0.5) is 5.69 Å². The van der Waals surface area contributed by atoms with Crippen LogP contribution in [0.25, 0.3) is 0 Å². The van der Waals surface area contributed by atoms with Crippen LogP contribution in [-0.2, 0) is 14.8 Å². The predicted octanol–water partition coefficient (Wildman–Crippen LogP) is 3.80. The fourth-order valence-electron chi connectivity index (χ4n) is 4.78. The number of rotatable bonds is 6. The molecule has 2 aromatic carbocycles. The number of aryl methyl sites for hydroxylation is 2. The van der Waals surface area contributed by atoms with Gasteiger partial charge in [-0.05, 0) is 68.7 Å². The molecule has 2 aliphatic rings. The van der Waals surface area contributed by atoms with Gasteiger partial charge in [0, 0.05) is 6.04 Å². The standard InChI is InChI=1S/C23H28N2O3S/c1-16-7-11-20(12-8-16)29(27,28)25(22-6-4-3-5-17(22)2)15-23(26)24-21-14-18-9-10-19(21)13-18/h3-8,11-12,18-19,21H,9-10,13-15H2,1-2H3,(H,24,26)/t18-,19+,21+/m1/s1.